The molecular weight excluding hydrogens is 208 g/mol. The summed E-state index contributed by atoms with van der Waals surface area (Å²) in [5.41, 5.74) is -0.295. The van der Waals surface area contributed by atoms with Gasteiger partial charge >= 0.3 is 5.97 Å². The summed E-state index contributed by atoms with van der Waals surface area (Å²) in [7, 11) is 0. The highest BCUT2D eigenvalue weighted by atomic mass is 16.5. The predicted molar refractivity (Wildman–Crippen MR) is 57.8 cm³/mol. The fraction of sp³-hybridized carbons (Fsp3) is 0.545. The molecule has 0 aromatic carbocycles. The predicted octanol–water partition coefficient (Wildman–Crippen LogP) is 0.598. The molecule has 1 aromatic rings. The number of ether oxygens (including phenoxy) is 1. The fourth-order valence-electron chi connectivity index (χ4n) is 1.19. The number of rotatable bonds is 4. The number of nitrogens with zero attached hydrogens (tertiary/aromatic N) is 2. The van der Waals surface area contributed by atoms with Crippen molar-refractivity contribution in [3.8, 4) is 0 Å². The van der Waals surface area contributed by atoms with Gasteiger partial charge in [-0.1, -0.05) is 0 Å². The van der Waals surface area contributed by atoms with Crippen molar-refractivity contribution in [3.05, 3.63) is 23.8 Å². The Labute approximate surface area is 94.5 Å². The van der Waals surface area contributed by atoms with Gasteiger partial charge in [0, 0.05) is 12.4 Å². The van der Waals surface area contributed by atoms with Crippen molar-refractivity contribution >= 4 is 5.97 Å². The van der Waals surface area contributed by atoms with Crippen LogP contribution in [0.2, 0.25) is 0 Å². The molecule has 0 aliphatic heterocycles. The van der Waals surface area contributed by atoms with Crippen LogP contribution in [0.15, 0.2) is 12.4 Å². The van der Waals surface area contributed by atoms with E-state index in [1.54, 1.807) is 26.2 Å². The molecular formula is C11H16N2O3. The van der Waals surface area contributed by atoms with Crippen molar-refractivity contribution in [3.63, 3.8) is 0 Å². The van der Waals surface area contributed by atoms with Crippen LogP contribution in [0.5, 0.6) is 0 Å². The number of aliphatic hydroxyl groups is 1. The molecule has 5 nitrogen and oxygen atoms in total. The Morgan fingerprint density at radius 1 is 1.50 bits per heavy atom. The Morgan fingerprint density at radius 3 is 2.50 bits per heavy atom. The van der Waals surface area contributed by atoms with Crippen molar-refractivity contribution in [1.82, 2.24) is 9.97 Å². The summed E-state index contributed by atoms with van der Waals surface area (Å²) in [5, 5.41) is 9.32. The van der Waals surface area contributed by atoms with Crippen LogP contribution in [-0.2, 0) is 14.9 Å². The Kier molecular flexibility index (Phi) is 3.95. The lowest BCUT2D eigenvalue weighted by atomic mass is 9.90. The molecule has 0 aliphatic carbocycles. The first-order valence-electron chi connectivity index (χ1n) is 5.11. The molecule has 5 heteroatoms. The van der Waals surface area contributed by atoms with E-state index in [9.17, 15) is 9.90 Å². The highest BCUT2D eigenvalue weighted by molar-refractivity contribution is 5.81. The molecule has 1 rings (SSSR count). The second kappa shape index (κ2) is 5.03. The van der Waals surface area contributed by atoms with E-state index in [0.29, 0.717) is 0 Å². The zero-order valence-electron chi connectivity index (χ0n) is 9.73. The molecule has 1 heterocycles. The zero-order valence-corrected chi connectivity index (χ0v) is 9.73. The van der Waals surface area contributed by atoms with Gasteiger partial charge in [0.15, 0.2) is 0 Å². The maximum absolute atomic E-state index is 11.7. The average Bonchev–Trinajstić information content (AvgIpc) is 2.29. The molecule has 0 amide bonds. The summed E-state index contributed by atoms with van der Waals surface area (Å²) < 4.78 is 4.90. The van der Waals surface area contributed by atoms with E-state index in [1.165, 1.54) is 0 Å². The summed E-state index contributed by atoms with van der Waals surface area (Å²) in [6.45, 7) is 5.01. The van der Waals surface area contributed by atoms with Crippen LogP contribution in [0.1, 0.15) is 25.2 Å². The van der Waals surface area contributed by atoms with Gasteiger partial charge < -0.3 is 9.84 Å². The van der Waals surface area contributed by atoms with Gasteiger partial charge in [-0.05, 0) is 26.3 Å². The van der Waals surface area contributed by atoms with E-state index < -0.39 is 11.4 Å². The summed E-state index contributed by atoms with van der Waals surface area (Å²) in [6.07, 6.45) is 3.21. The Morgan fingerprint density at radius 2 is 2.06 bits per heavy atom. The zero-order chi connectivity index (χ0) is 12.2. The van der Waals surface area contributed by atoms with Crippen molar-refractivity contribution in [2.45, 2.75) is 26.2 Å². The molecule has 1 atom stereocenters. The number of hydrogen-bond donors (Lipinski definition) is 1. The van der Waals surface area contributed by atoms with Crippen LogP contribution in [0, 0.1) is 6.92 Å². The Hall–Kier alpha value is -1.49. The van der Waals surface area contributed by atoms with E-state index in [4.69, 9.17) is 4.74 Å². The van der Waals surface area contributed by atoms with Gasteiger partial charge in [0.05, 0.1) is 13.2 Å². The van der Waals surface area contributed by atoms with Gasteiger partial charge in [-0.2, -0.15) is 0 Å². The molecule has 1 unspecified atom stereocenters. The minimum Gasteiger partial charge on any atom is -0.465 e. The van der Waals surface area contributed by atoms with Crippen molar-refractivity contribution in [1.29, 1.82) is 0 Å². The first-order chi connectivity index (χ1) is 7.54. The van der Waals surface area contributed by atoms with E-state index in [1.807, 2.05) is 6.92 Å². The smallest absolute Gasteiger partial charge is 0.321 e. The van der Waals surface area contributed by atoms with E-state index >= 15 is 0 Å². The highest BCUT2D eigenvalue weighted by Crippen LogP contribution is 2.21. The largest absolute Gasteiger partial charge is 0.465 e. The molecule has 0 radical (unpaired) electrons. The van der Waals surface area contributed by atoms with Gasteiger partial charge in [-0.3, -0.25) is 4.79 Å². The third-order valence-electron chi connectivity index (χ3n) is 2.32. The highest BCUT2D eigenvalue weighted by Gasteiger charge is 2.39. The minimum atomic E-state index is -1.19. The molecule has 1 N–H and O–H groups in total. The monoisotopic (exact) mass is 224 g/mol. The Bertz CT molecular complexity index is 364. The van der Waals surface area contributed by atoms with Crippen molar-refractivity contribution in [2.75, 3.05) is 13.2 Å². The third-order valence-corrected chi connectivity index (χ3v) is 2.32. The number of aromatic nitrogens is 2. The van der Waals surface area contributed by atoms with Gasteiger partial charge in [0.1, 0.15) is 11.2 Å². The van der Waals surface area contributed by atoms with Gasteiger partial charge in [0.25, 0.3) is 0 Å². The standard InChI is InChI=1S/C11H16N2O3/c1-4-16-10(15)11(3,7-14)9-12-5-8(2)6-13-9/h5-6,14H,4,7H2,1-3H3. The van der Waals surface area contributed by atoms with Gasteiger partial charge in [-0.15, -0.1) is 0 Å². The quantitative estimate of drug-likeness (QED) is 0.758. The second-order valence-corrected chi connectivity index (χ2v) is 3.79. The van der Waals surface area contributed by atoms with E-state index in [0.717, 1.165) is 5.56 Å². The molecule has 1 aromatic heterocycles. The summed E-state index contributed by atoms with van der Waals surface area (Å²) >= 11 is 0. The lowest BCUT2D eigenvalue weighted by Gasteiger charge is -2.22. The number of hydrogen-bond acceptors (Lipinski definition) is 5. The third kappa shape index (κ3) is 2.36. The number of carbonyl (C=O) groups is 1. The van der Waals surface area contributed by atoms with E-state index in [-0.39, 0.29) is 19.0 Å². The van der Waals surface area contributed by atoms with Crippen LogP contribution in [0.25, 0.3) is 0 Å². The van der Waals surface area contributed by atoms with Crippen LogP contribution >= 0.6 is 0 Å². The van der Waals surface area contributed by atoms with Crippen LogP contribution in [0.3, 0.4) is 0 Å². The molecule has 0 spiro atoms. The maximum Gasteiger partial charge on any atom is 0.321 e. The molecule has 0 aliphatic rings. The summed E-state index contributed by atoms with van der Waals surface area (Å²) in [5.74, 6) is -0.236. The fourth-order valence-corrected chi connectivity index (χ4v) is 1.19. The minimum absolute atomic E-state index is 0.264. The number of esters is 1. The van der Waals surface area contributed by atoms with Crippen molar-refractivity contribution in [2.24, 2.45) is 0 Å². The molecule has 88 valence electrons. The maximum atomic E-state index is 11.7. The second-order valence-electron chi connectivity index (χ2n) is 3.79. The molecule has 0 bridgehead atoms. The normalized spacial score (nSPS) is 14.2. The Balaban J connectivity index is 3.04. The lowest BCUT2D eigenvalue weighted by molar-refractivity contribution is -0.151. The van der Waals surface area contributed by atoms with Gasteiger partial charge in [0.2, 0.25) is 0 Å². The van der Waals surface area contributed by atoms with Crippen LogP contribution in [-0.4, -0.2) is 34.3 Å². The van der Waals surface area contributed by atoms with Gasteiger partial charge in [-0.25, -0.2) is 9.97 Å². The first kappa shape index (κ1) is 12.6. The molecule has 0 saturated carbocycles. The van der Waals surface area contributed by atoms with Crippen LogP contribution < -0.4 is 0 Å². The topological polar surface area (TPSA) is 72.3 Å². The number of aryl methyl sites for hydroxylation is 1. The molecule has 16 heavy (non-hydrogen) atoms. The number of carbonyl (C=O) groups excluding carboxylic acids is 1. The van der Waals surface area contributed by atoms with E-state index in [2.05, 4.69) is 9.97 Å². The lowest BCUT2D eigenvalue weighted by Crippen LogP contribution is -2.39. The summed E-state index contributed by atoms with van der Waals surface area (Å²) in [4.78, 5) is 19.8. The molecule has 0 saturated heterocycles. The number of aliphatic hydroxyl groups excluding tert-OH is 1. The van der Waals surface area contributed by atoms with Crippen LogP contribution in [0.4, 0.5) is 0 Å². The summed E-state index contributed by atoms with van der Waals surface area (Å²) in [6, 6.07) is 0. The first-order valence-corrected chi connectivity index (χ1v) is 5.11. The average molecular weight is 224 g/mol. The SMILES string of the molecule is CCOC(=O)C(C)(CO)c1ncc(C)cn1. The van der Waals surface area contributed by atoms with Crippen molar-refractivity contribution < 1.29 is 14.6 Å². The molecule has 0 fully saturated rings.